The second kappa shape index (κ2) is 8.19. The van der Waals surface area contributed by atoms with Crippen molar-refractivity contribution in [2.24, 2.45) is 0 Å². The van der Waals surface area contributed by atoms with Crippen molar-refractivity contribution < 1.29 is 9.53 Å². The lowest BCUT2D eigenvalue weighted by Crippen LogP contribution is -2.22. The summed E-state index contributed by atoms with van der Waals surface area (Å²) in [7, 11) is 0. The van der Waals surface area contributed by atoms with Gasteiger partial charge in [0.15, 0.2) is 6.61 Å². The van der Waals surface area contributed by atoms with Gasteiger partial charge >= 0.3 is 0 Å². The van der Waals surface area contributed by atoms with Crippen LogP contribution < -0.4 is 10.1 Å². The van der Waals surface area contributed by atoms with E-state index < -0.39 is 0 Å². The lowest BCUT2D eigenvalue weighted by molar-refractivity contribution is -0.118. The Kier molecular flexibility index (Phi) is 5.52. The second-order valence-corrected chi connectivity index (χ2v) is 5.88. The van der Waals surface area contributed by atoms with Gasteiger partial charge in [0.25, 0.3) is 5.91 Å². The van der Waals surface area contributed by atoms with Gasteiger partial charge in [0.2, 0.25) is 0 Å². The van der Waals surface area contributed by atoms with Gasteiger partial charge in [-0.2, -0.15) is 10.4 Å². The minimum atomic E-state index is -0.337. The van der Waals surface area contributed by atoms with Crippen LogP contribution in [0.4, 0.5) is 5.82 Å². The maximum Gasteiger partial charge on any atom is 0.263 e. The molecule has 0 spiro atoms. The molecule has 2 aromatic carbocycles. The first-order valence-corrected chi connectivity index (χ1v) is 8.21. The predicted molar refractivity (Wildman–Crippen MR) is 98.1 cm³/mol. The maximum absolute atomic E-state index is 12.2. The molecule has 0 fully saturated rings. The normalized spacial score (nSPS) is 10.2. The molecule has 26 heavy (non-hydrogen) atoms. The van der Waals surface area contributed by atoms with E-state index >= 15 is 0 Å². The Labute approximate surface area is 155 Å². The van der Waals surface area contributed by atoms with Crippen molar-refractivity contribution in [2.75, 3.05) is 11.9 Å². The number of aromatic nitrogens is 2. The topological polar surface area (TPSA) is 79.9 Å². The van der Waals surface area contributed by atoms with Crippen molar-refractivity contribution in [1.82, 2.24) is 9.78 Å². The van der Waals surface area contributed by atoms with E-state index in [9.17, 15) is 4.79 Å². The minimum absolute atomic E-state index is 0.204. The molecule has 0 unspecified atom stereocenters. The highest BCUT2D eigenvalue weighted by atomic mass is 35.5. The molecule has 0 bridgehead atoms. The zero-order valence-corrected chi connectivity index (χ0v) is 14.5. The summed E-state index contributed by atoms with van der Waals surface area (Å²) in [5.41, 5.74) is 1.39. The molecule has 1 heterocycles. The molecule has 7 heteroatoms. The summed E-state index contributed by atoms with van der Waals surface area (Å²) in [5.74, 6) is 0.595. The van der Waals surface area contributed by atoms with E-state index in [0.29, 0.717) is 28.7 Å². The first-order chi connectivity index (χ1) is 12.7. The fraction of sp³-hybridized carbons (Fsp3) is 0.105. The first kappa shape index (κ1) is 17.5. The molecule has 0 aliphatic heterocycles. The Hall–Kier alpha value is -3.30. The van der Waals surface area contributed by atoms with Crippen LogP contribution in [-0.4, -0.2) is 22.3 Å². The van der Waals surface area contributed by atoms with Crippen LogP contribution in [0, 0.1) is 11.3 Å². The molecule has 3 aromatic rings. The fourth-order valence-electron chi connectivity index (χ4n) is 2.33. The zero-order valence-electron chi connectivity index (χ0n) is 13.7. The number of benzene rings is 2. The van der Waals surface area contributed by atoms with Crippen LogP contribution in [0.5, 0.6) is 5.75 Å². The van der Waals surface area contributed by atoms with Crippen LogP contribution in [0.1, 0.15) is 11.1 Å². The van der Waals surface area contributed by atoms with Gasteiger partial charge in [-0.25, -0.2) is 4.68 Å². The van der Waals surface area contributed by atoms with E-state index in [1.807, 2.05) is 18.2 Å². The maximum atomic E-state index is 12.2. The lowest BCUT2D eigenvalue weighted by Gasteiger charge is -2.10. The number of amides is 1. The summed E-state index contributed by atoms with van der Waals surface area (Å²) in [6.45, 7) is 0.294. The van der Waals surface area contributed by atoms with Crippen molar-refractivity contribution in [1.29, 1.82) is 5.26 Å². The number of para-hydroxylation sites is 1. The Morgan fingerprint density at radius 2 is 1.96 bits per heavy atom. The van der Waals surface area contributed by atoms with Crippen LogP contribution in [-0.2, 0) is 11.3 Å². The van der Waals surface area contributed by atoms with E-state index in [4.69, 9.17) is 21.6 Å². The summed E-state index contributed by atoms with van der Waals surface area (Å²) in [6.07, 6.45) is 1.61. The van der Waals surface area contributed by atoms with Crippen molar-refractivity contribution in [2.45, 2.75) is 6.54 Å². The van der Waals surface area contributed by atoms with Crippen molar-refractivity contribution >= 4 is 23.3 Å². The van der Waals surface area contributed by atoms with Gasteiger partial charge in [0, 0.05) is 11.1 Å². The molecule has 0 aliphatic rings. The molecule has 0 saturated carbocycles. The first-order valence-electron chi connectivity index (χ1n) is 7.84. The number of nitrogens with one attached hydrogen (secondary N) is 1. The highest BCUT2D eigenvalue weighted by Crippen LogP contribution is 2.17. The van der Waals surface area contributed by atoms with Crippen molar-refractivity contribution in [3.05, 3.63) is 76.9 Å². The van der Waals surface area contributed by atoms with E-state index in [1.54, 1.807) is 53.3 Å². The summed E-state index contributed by atoms with van der Waals surface area (Å²) < 4.78 is 7.10. The van der Waals surface area contributed by atoms with Crippen molar-refractivity contribution in [3.63, 3.8) is 0 Å². The Morgan fingerprint density at radius 3 is 2.73 bits per heavy atom. The molecule has 1 aromatic heterocycles. The molecule has 0 atom stereocenters. The highest BCUT2D eigenvalue weighted by molar-refractivity contribution is 6.30. The zero-order chi connectivity index (χ0) is 18.4. The Morgan fingerprint density at radius 1 is 1.19 bits per heavy atom. The number of nitriles is 1. The van der Waals surface area contributed by atoms with Gasteiger partial charge in [0.05, 0.1) is 18.3 Å². The third kappa shape index (κ3) is 4.41. The summed E-state index contributed by atoms with van der Waals surface area (Å²) in [5, 5.41) is 16.7. The number of carbonyl (C=O) groups excluding carboxylic acids is 1. The third-order valence-corrected chi connectivity index (χ3v) is 3.85. The number of ether oxygens (including phenoxy) is 1. The van der Waals surface area contributed by atoms with Gasteiger partial charge in [-0.1, -0.05) is 35.9 Å². The van der Waals surface area contributed by atoms with Crippen LogP contribution in [0.25, 0.3) is 0 Å². The quantitative estimate of drug-likeness (QED) is 0.724. The summed E-state index contributed by atoms with van der Waals surface area (Å²) in [6, 6.07) is 17.9. The molecule has 1 N–H and O–H groups in total. The van der Waals surface area contributed by atoms with Gasteiger partial charge in [0.1, 0.15) is 17.6 Å². The average Bonchev–Trinajstić information content (AvgIpc) is 3.08. The molecule has 3 rings (SSSR count). The second-order valence-electron chi connectivity index (χ2n) is 5.45. The molecular weight excluding hydrogens is 352 g/mol. The molecule has 130 valence electrons. The van der Waals surface area contributed by atoms with E-state index in [2.05, 4.69) is 10.4 Å². The van der Waals surface area contributed by atoms with Gasteiger partial charge in [-0.05, 0) is 29.8 Å². The minimum Gasteiger partial charge on any atom is -0.482 e. The van der Waals surface area contributed by atoms with Gasteiger partial charge < -0.3 is 10.1 Å². The SMILES string of the molecule is N#Cc1ccccc1OCC(=O)Nc1ccnn1Cc1ccc(Cl)cc1. The standard InChI is InChI=1S/C19H15ClN4O2/c20-16-7-5-14(6-8-16)12-24-18(9-10-22-24)23-19(25)13-26-17-4-2-1-3-15(17)11-21/h1-10H,12-13H2,(H,23,25). The number of hydrogen-bond acceptors (Lipinski definition) is 4. The Balaban J connectivity index is 1.61. The predicted octanol–water partition coefficient (Wildman–Crippen LogP) is 3.47. The van der Waals surface area contributed by atoms with Gasteiger partial charge in [-0.3, -0.25) is 4.79 Å². The number of halogens is 1. The van der Waals surface area contributed by atoms with E-state index in [1.165, 1.54) is 0 Å². The molecule has 0 radical (unpaired) electrons. The number of hydrogen-bond donors (Lipinski definition) is 1. The highest BCUT2D eigenvalue weighted by Gasteiger charge is 2.10. The molecular formula is C19H15ClN4O2. The van der Waals surface area contributed by atoms with E-state index in [-0.39, 0.29) is 12.5 Å². The van der Waals surface area contributed by atoms with Crippen LogP contribution in [0.3, 0.4) is 0 Å². The third-order valence-electron chi connectivity index (χ3n) is 3.60. The Bertz CT molecular complexity index is 945. The van der Waals surface area contributed by atoms with Crippen LogP contribution in [0.2, 0.25) is 5.02 Å². The number of carbonyl (C=O) groups is 1. The average molecular weight is 367 g/mol. The number of anilines is 1. The molecule has 1 amide bonds. The summed E-state index contributed by atoms with van der Waals surface area (Å²) >= 11 is 5.89. The number of rotatable bonds is 6. The molecule has 0 saturated heterocycles. The van der Waals surface area contributed by atoms with Gasteiger partial charge in [-0.15, -0.1) is 0 Å². The smallest absolute Gasteiger partial charge is 0.263 e. The van der Waals surface area contributed by atoms with Crippen LogP contribution >= 0.6 is 11.6 Å². The lowest BCUT2D eigenvalue weighted by atomic mass is 10.2. The van der Waals surface area contributed by atoms with Crippen LogP contribution in [0.15, 0.2) is 60.8 Å². The molecule has 0 aliphatic carbocycles. The largest absolute Gasteiger partial charge is 0.482 e. The summed E-state index contributed by atoms with van der Waals surface area (Å²) in [4.78, 5) is 12.2. The van der Waals surface area contributed by atoms with E-state index in [0.717, 1.165) is 5.56 Å². The monoisotopic (exact) mass is 366 g/mol. The molecule has 6 nitrogen and oxygen atoms in total. The fourth-order valence-corrected chi connectivity index (χ4v) is 2.46. The van der Waals surface area contributed by atoms with Crippen molar-refractivity contribution in [3.8, 4) is 11.8 Å². The number of nitrogens with zero attached hydrogens (tertiary/aromatic N) is 3.